The summed E-state index contributed by atoms with van der Waals surface area (Å²) in [6.07, 6.45) is 0.167. The minimum atomic E-state index is -4.11. The average molecular weight is 459 g/mol. The number of nitrogens with one attached hydrogen (secondary N) is 2. The van der Waals surface area contributed by atoms with Gasteiger partial charge in [-0.25, -0.2) is 8.42 Å². The molecule has 0 aromatic heterocycles. The molecular formula is C23H23ClN2O4S. The zero-order valence-electron chi connectivity index (χ0n) is 17.1. The fourth-order valence-corrected chi connectivity index (χ4v) is 4.64. The van der Waals surface area contributed by atoms with E-state index in [1.807, 2.05) is 49.4 Å². The molecule has 1 amide bonds. The molecule has 0 spiro atoms. The lowest BCUT2D eigenvalue weighted by atomic mass is 10.1. The van der Waals surface area contributed by atoms with Gasteiger partial charge in [0.2, 0.25) is 15.9 Å². The van der Waals surface area contributed by atoms with Crippen molar-refractivity contribution in [2.24, 2.45) is 0 Å². The van der Waals surface area contributed by atoms with Gasteiger partial charge >= 0.3 is 0 Å². The molecule has 0 aliphatic carbocycles. The summed E-state index contributed by atoms with van der Waals surface area (Å²) in [4.78, 5) is 12.9. The summed E-state index contributed by atoms with van der Waals surface area (Å²) in [6, 6.07) is 19.7. The maximum Gasteiger partial charge on any atom is 0.245 e. The molecule has 31 heavy (non-hydrogen) atoms. The number of methoxy groups -OCH3 is 1. The molecule has 0 radical (unpaired) electrons. The van der Waals surface area contributed by atoms with Crippen LogP contribution >= 0.6 is 11.6 Å². The lowest BCUT2D eigenvalue weighted by Gasteiger charge is -2.20. The first-order chi connectivity index (χ1) is 14.8. The zero-order valence-corrected chi connectivity index (χ0v) is 18.7. The van der Waals surface area contributed by atoms with E-state index in [9.17, 15) is 13.2 Å². The zero-order chi connectivity index (χ0) is 22.4. The molecule has 162 valence electrons. The summed E-state index contributed by atoms with van der Waals surface area (Å²) >= 11 is 6.00. The number of amides is 1. The van der Waals surface area contributed by atoms with Gasteiger partial charge in [0.15, 0.2) is 0 Å². The molecule has 0 aliphatic heterocycles. The number of carbonyl (C=O) groups is 1. The summed E-state index contributed by atoms with van der Waals surface area (Å²) < 4.78 is 34.0. The van der Waals surface area contributed by atoms with Crippen LogP contribution in [0.1, 0.15) is 11.1 Å². The van der Waals surface area contributed by atoms with E-state index in [0.29, 0.717) is 5.69 Å². The number of hydrogen-bond acceptors (Lipinski definition) is 4. The highest BCUT2D eigenvalue weighted by Crippen LogP contribution is 2.27. The van der Waals surface area contributed by atoms with Gasteiger partial charge < -0.3 is 10.1 Å². The second-order valence-corrected chi connectivity index (χ2v) is 9.13. The Bertz CT molecular complexity index is 1150. The SMILES string of the molecule is COc1ccc(Cl)cc1S(=O)(=O)N[C@H](Cc1ccccc1)C(=O)Nc1ccc(C)cc1. The number of benzene rings is 3. The van der Waals surface area contributed by atoms with E-state index in [4.69, 9.17) is 16.3 Å². The van der Waals surface area contributed by atoms with Crippen LogP contribution < -0.4 is 14.8 Å². The van der Waals surface area contributed by atoms with Gasteiger partial charge in [-0.15, -0.1) is 0 Å². The van der Waals surface area contributed by atoms with Crippen LogP contribution in [0, 0.1) is 6.92 Å². The van der Waals surface area contributed by atoms with Crippen LogP contribution in [-0.2, 0) is 21.2 Å². The highest BCUT2D eigenvalue weighted by atomic mass is 35.5. The fourth-order valence-electron chi connectivity index (χ4n) is 3.02. The first kappa shape index (κ1) is 22.8. The summed E-state index contributed by atoms with van der Waals surface area (Å²) in [6.45, 7) is 1.94. The Kier molecular flexibility index (Phi) is 7.33. The molecule has 0 saturated carbocycles. The number of carbonyl (C=O) groups excluding carboxylic acids is 1. The Labute approximate surface area is 187 Å². The number of ether oxygens (including phenoxy) is 1. The molecule has 6 nitrogen and oxygen atoms in total. The quantitative estimate of drug-likeness (QED) is 0.530. The minimum absolute atomic E-state index is 0.134. The maximum atomic E-state index is 13.1. The number of rotatable bonds is 8. The second kappa shape index (κ2) is 9.96. The average Bonchev–Trinajstić information content (AvgIpc) is 2.75. The van der Waals surface area contributed by atoms with E-state index in [1.165, 1.54) is 25.3 Å². The Morgan fingerprint density at radius 1 is 1.03 bits per heavy atom. The van der Waals surface area contributed by atoms with E-state index in [2.05, 4.69) is 10.0 Å². The van der Waals surface area contributed by atoms with Gasteiger partial charge in [0.05, 0.1) is 7.11 Å². The Balaban J connectivity index is 1.91. The predicted octanol–water partition coefficient (Wildman–Crippen LogP) is 4.19. The lowest BCUT2D eigenvalue weighted by Crippen LogP contribution is -2.45. The lowest BCUT2D eigenvalue weighted by molar-refractivity contribution is -0.117. The van der Waals surface area contributed by atoms with Crippen LogP contribution in [0.2, 0.25) is 5.02 Å². The molecule has 0 aliphatic rings. The van der Waals surface area contributed by atoms with Gasteiger partial charge in [0, 0.05) is 10.7 Å². The number of hydrogen-bond donors (Lipinski definition) is 2. The first-order valence-corrected chi connectivity index (χ1v) is 11.4. The Hall–Kier alpha value is -2.87. The summed E-state index contributed by atoms with van der Waals surface area (Å²) in [7, 11) is -2.74. The van der Waals surface area contributed by atoms with Crippen molar-refractivity contribution in [3.05, 3.63) is 88.9 Å². The molecular weight excluding hydrogens is 436 g/mol. The predicted molar refractivity (Wildman–Crippen MR) is 122 cm³/mol. The molecule has 0 unspecified atom stereocenters. The van der Waals surface area contributed by atoms with E-state index < -0.39 is 22.0 Å². The first-order valence-electron chi connectivity index (χ1n) is 9.56. The molecule has 0 bridgehead atoms. The van der Waals surface area contributed by atoms with Gasteiger partial charge in [-0.05, 0) is 49.2 Å². The molecule has 3 rings (SSSR count). The van der Waals surface area contributed by atoms with Crippen molar-refractivity contribution in [1.29, 1.82) is 0 Å². The summed E-state index contributed by atoms with van der Waals surface area (Å²) in [5.41, 5.74) is 2.44. The van der Waals surface area contributed by atoms with Gasteiger partial charge in [-0.3, -0.25) is 4.79 Å². The normalized spacial score (nSPS) is 12.2. The smallest absolute Gasteiger partial charge is 0.245 e. The van der Waals surface area contributed by atoms with Crippen LogP contribution in [0.3, 0.4) is 0 Å². The van der Waals surface area contributed by atoms with E-state index >= 15 is 0 Å². The van der Waals surface area contributed by atoms with E-state index in [1.54, 1.807) is 12.1 Å². The molecule has 0 fully saturated rings. The maximum absolute atomic E-state index is 13.1. The molecule has 0 heterocycles. The Morgan fingerprint density at radius 3 is 2.35 bits per heavy atom. The summed E-state index contributed by atoms with van der Waals surface area (Å²) in [5, 5.41) is 3.02. The molecule has 8 heteroatoms. The van der Waals surface area contributed by atoms with Crippen LogP contribution in [0.5, 0.6) is 5.75 Å². The molecule has 1 atom stereocenters. The van der Waals surface area contributed by atoms with Crippen LogP contribution in [0.25, 0.3) is 0 Å². The summed E-state index contributed by atoms with van der Waals surface area (Å²) in [5.74, 6) is -0.341. The second-order valence-electron chi connectivity index (χ2n) is 7.01. The molecule has 0 saturated heterocycles. The van der Waals surface area contributed by atoms with Gasteiger partial charge in [-0.2, -0.15) is 4.72 Å². The van der Waals surface area contributed by atoms with Gasteiger partial charge in [-0.1, -0.05) is 59.6 Å². The van der Waals surface area contributed by atoms with Crippen molar-refractivity contribution < 1.29 is 17.9 Å². The van der Waals surface area contributed by atoms with Gasteiger partial charge in [0.25, 0.3) is 0 Å². The number of halogens is 1. The van der Waals surface area contributed by atoms with Crippen molar-refractivity contribution in [2.75, 3.05) is 12.4 Å². The minimum Gasteiger partial charge on any atom is -0.495 e. The number of anilines is 1. The third-order valence-electron chi connectivity index (χ3n) is 4.63. The topological polar surface area (TPSA) is 84.5 Å². The largest absolute Gasteiger partial charge is 0.495 e. The van der Waals surface area contributed by atoms with Crippen molar-refractivity contribution in [3.8, 4) is 5.75 Å². The number of aryl methyl sites for hydroxylation is 1. The third-order valence-corrected chi connectivity index (χ3v) is 6.36. The van der Waals surface area contributed by atoms with E-state index in [0.717, 1.165) is 11.1 Å². The Morgan fingerprint density at radius 2 is 1.71 bits per heavy atom. The fraction of sp³-hybridized carbons (Fsp3) is 0.174. The van der Waals surface area contributed by atoms with Crippen molar-refractivity contribution in [2.45, 2.75) is 24.3 Å². The highest BCUT2D eigenvalue weighted by Gasteiger charge is 2.28. The third kappa shape index (κ3) is 6.07. The molecule has 2 N–H and O–H groups in total. The van der Waals surface area contributed by atoms with Crippen molar-refractivity contribution in [3.63, 3.8) is 0 Å². The standard InChI is InChI=1S/C23H23ClN2O4S/c1-16-8-11-19(12-9-16)25-23(27)20(14-17-6-4-3-5-7-17)26-31(28,29)22-15-18(24)10-13-21(22)30-2/h3-13,15,20,26H,14H2,1-2H3,(H,25,27)/t20-/m1/s1. The van der Waals surface area contributed by atoms with Crippen LogP contribution in [0.4, 0.5) is 5.69 Å². The van der Waals surface area contributed by atoms with Crippen LogP contribution in [-0.4, -0.2) is 27.5 Å². The van der Waals surface area contributed by atoms with Gasteiger partial charge in [0.1, 0.15) is 16.7 Å². The van der Waals surface area contributed by atoms with Crippen LogP contribution in [0.15, 0.2) is 77.7 Å². The number of sulfonamides is 1. The van der Waals surface area contributed by atoms with Crippen molar-refractivity contribution >= 4 is 33.2 Å². The van der Waals surface area contributed by atoms with Crippen molar-refractivity contribution in [1.82, 2.24) is 4.72 Å². The molecule has 3 aromatic rings. The highest BCUT2D eigenvalue weighted by molar-refractivity contribution is 7.89. The molecule has 3 aromatic carbocycles. The monoisotopic (exact) mass is 458 g/mol. The van der Waals surface area contributed by atoms with E-state index in [-0.39, 0.29) is 22.1 Å².